The van der Waals surface area contributed by atoms with Crippen LogP contribution in [0.4, 0.5) is 13.2 Å². The Morgan fingerprint density at radius 1 is 1.06 bits per heavy atom. The average Bonchev–Trinajstić information content (AvgIpc) is 3.09. The Balaban J connectivity index is 1.72. The fourth-order valence-corrected chi connectivity index (χ4v) is 3.34. The summed E-state index contributed by atoms with van der Waals surface area (Å²) in [5.41, 5.74) is 1.18. The van der Waals surface area contributed by atoms with Gasteiger partial charge in [-0.15, -0.1) is 0 Å². The van der Waals surface area contributed by atoms with Crippen molar-refractivity contribution in [3.8, 4) is 5.69 Å². The van der Waals surface area contributed by atoms with E-state index in [-0.39, 0.29) is 30.2 Å². The van der Waals surface area contributed by atoms with Crippen molar-refractivity contribution in [2.24, 2.45) is 0 Å². The first-order valence-corrected chi connectivity index (χ1v) is 9.87. The SMILES string of the molecule is Cc1cc(C)n(-c2ccc(CNC(=O)CN(C)C(=O)c3ccccc3)c(C(F)(F)F)c2)n1. The van der Waals surface area contributed by atoms with Crippen LogP contribution >= 0.6 is 0 Å². The van der Waals surface area contributed by atoms with E-state index in [2.05, 4.69) is 10.4 Å². The van der Waals surface area contributed by atoms with E-state index in [1.165, 1.54) is 28.8 Å². The van der Waals surface area contributed by atoms with Gasteiger partial charge in [0.25, 0.3) is 5.91 Å². The number of hydrogen-bond acceptors (Lipinski definition) is 3. The summed E-state index contributed by atoms with van der Waals surface area (Å²) < 4.78 is 42.5. The Morgan fingerprint density at radius 3 is 2.34 bits per heavy atom. The quantitative estimate of drug-likeness (QED) is 0.627. The average molecular weight is 444 g/mol. The molecule has 1 heterocycles. The van der Waals surface area contributed by atoms with Crippen LogP contribution in [0.5, 0.6) is 0 Å². The molecule has 0 aliphatic carbocycles. The number of alkyl halides is 3. The topological polar surface area (TPSA) is 67.2 Å². The van der Waals surface area contributed by atoms with Crippen LogP contribution in [0.1, 0.15) is 32.9 Å². The Bertz CT molecular complexity index is 1120. The van der Waals surface area contributed by atoms with E-state index < -0.39 is 17.6 Å². The van der Waals surface area contributed by atoms with Gasteiger partial charge in [0.2, 0.25) is 5.91 Å². The molecule has 1 N–H and O–H groups in total. The van der Waals surface area contributed by atoms with Gasteiger partial charge >= 0.3 is 6.18 Å². The number of aryl methyl sites for hydroxylation is 2. The first kappa shape index (κ1) is 23.1. The molecule has 9 heteroatoms. The maximum Gasteiger partial charge on any atom is 0.416 e. The van der Waals surface area contributed by atoms with Crippen LogP contribution in [0.15, 0.2) is 54.6 Å². The third-order valence-corrected chi connectivity index (χ3v) is 4.88. The normalized spacial score (nSPS) is 11.3. The molecular weight excluding hydrogens is 421 g/mol. The van der Waals surface area contributed by atoms with Crippen LogP contribution in [0.2, 0.25) is 0 Å². The molecule has 0 saturated carbocycles. The van der Waals surface area contributed by atoms with E-state index in [4.69, 9.17) is 0 Å². The van der Waals surface area contributed by atoms with Crippen LogP contribution in [-0.4, -0.2) is 40.1 Å². The van der Waals surface area contributed by atoms with E-state index in [1.807, 2.05) is 0 Å². The minimum atomic E-state index is -4.60. The van der Waals surface area contributed by atoms with Crippen molar-refractivity contribution in [1.82, 2.24) is 20.0 Å². The lowest BCUT2D eigenvalue weighted by molar-refractivity contribution is -0.138. The lowest BCUT2D eigenvalue weighted by Crippen LogP contribution is -2.38. The van der Waals surface area contributed by atoms with Crippen LogP contribution in [0, 0.1) is 13.8 Å². The number of aromatic nitrogens is 2. The van der Waals surface area contributed by atoms with Gasteiger partial charge in [0.05, 0.1) is 23.5 Å². The van der Waals surface area contributed by atoms with Gasteiger partial charge in [0, 0.05) is 24.8 Å². The van der Waals surface area contributed by atoms with Gasteiger partial charge in [-0.2, -0.15) is 18.3 Å². The number of nitrogens with zero attached hydrogens (tertiary/aromatic N) is 3. The lowest BCUT2D eigenvalue weighted by atomic mass is 10.1. The maximum atomic E-state index is 13.7. The zero-order valence-electron chi connectivity index (χ0n) is 17.9. The van der Waals surface area contributed by atoms with Crippen molar-refractivity contribution in [3.05, 3.63) is 82.7 Å². The molecule has 0 saturated heterocycles. The second kappa shape index (κ2) is 9.25. The second-order valence-corrected chi connectivity index (χ2v) is 7.48. The molecule has 0 fully saturated rings. The van der Waals surface area contributed by atoms with E-state index >= 15 is 0 Å². The molecule has 2 amide bonds. The number of carbonyl (C=O) groups is 2. The minimum absolute atomic E-state index is 0.0758. The maximum absolute atomic E-state index is 13.7. The smallest absolute Gasteiger partial charge is 0.350 e. The third kappa shape index (κ3) is 5.35. The molecule has 3 rings (SSSR count). The van der Waals surface area contributed by atoms with Gasteiger partial charge in [-0.05, 0) is 49.7 Å². The summed E-state index contributed by atoms with van der Waals surface area (Å²) in [4.78, 5) is 25.8. The highest BCUT2D eigenvalue weighted by Gasteiger charge is 2.34. The summed E-state index contributed by atoms with van der Waals surface area (Å²) in [6.07, 6.45) is -4.60. The summed E-state index contributed by atoms with van der Waals surface area (Å²) in [5.74, 6) is -0.918. The van der Waals surface area contributed by atoms with Crippen molar-refractivity contribution in [2.75, 3.05) is 13.6 Å². The molecule has 0 radical (unpaired) electrons. The predicted molar refractivity (Wildman–Crippen MR) is 113 cm³/mol. The highest BCUT2D eigenvalue weighted by atomic mass is 19.4. The number of likely N-dealkylation sites (N-methyl/N-ethyl adjacent to an activating group) is 1. The molecule has 2 aromatic carbocycles. The number of hydrogen-bond donors (Lipinski definition) is 1. The van der Waals surface area contributed by atoms with E-state index in [0.29, 0.717) is 17.0 Å². The van der Waals surface area contributed by atoms with Gasteiger partial charge in [0.1, 0.15) is 0 Å². The van der Waals surface area contributed by atoms with Crippen LogP contribution in [0.3, 0.4) is 0 Å². The Morgan fingerprint density at radius 2 is 1.75 bits per heavy atom. The van der Waals surface area contributed by atoms with Crippen molar-refractivity contribution in [3.63, 3.8) is 0 Å². The zero-order valence-corrected chi connectivity index (χ0v) is 17.9. The fourth-order valence-electron chi connectivity index (χ4n) is 3.34. The summed E-state index contributed by atoms with van der Waals surface area (Å²) in [6.45, 7) is 2.92. The van der Waals surface area contributed by atoms with Crippen molar-refractivity contribution >= 4 is 11.8 Å². The van der Waals surface area contributed by atoms with Crippen molar-refractivity contribution in [2.45, 2.75) is 26.6 Å². The lowest BCUT2D eigenvalue weighted by Gasteiger charge is -2.18. The number of halogens is 3. The first-order chi connectivity index (χ1) is 15.1. The molecule has 6 nitrogen and oxygen atoms in total. The van der Waals surface area contributed by atoms with Gasteiger partial charge in [0.15, 0.2) is 0 Å². The van der Waals surface area contributed by atoms with Gasteiger partial charge < -0.3 is 10.2 Å². The molecule has 0 bridgehead atoms. The van der Waals surface area contributed by atoms with Crippen molar-refractivity contribution in [1.29, 1.82) is 0 Å². The van der Waals surface area contributed by atoms with Crippen LogP contribution in [-0.2, 0) is 17.5 Å². The largest absolute Gasteiger partial charge is 0.416 e. The molecule has 1 aromatic heterocycles. The number of carbonyl (C=O) groups excluding carboxylic acids is 2. The standard InChI is InChI=1S/C23H23F3N4O2/c1-15-11-16(2)30(28-15)19-10-9-18(20(12-19)23(24,25)26)13-27-21(31)14-29(3)22(32)17-7-5-4-6-8-17/h4-12H,13-14H2,1-3H3,(H,27,31). The molecule has 3 aromatic rings. The number of benzene rings is 2. The number of nitrogens with one attached hydrogen (secondary N) is 1. The predicted octanol–water partition coefficient (Wildman–Crippen LogP) is 3.90. The monoisotopic (exact) mass is 444 g/mol. The molecule has 0 aliphatic rings. The van der Waals surface area contributed by atoms with Crippen LogP contribution in [0.25, 0.3) is 5.69 Å². The highest BCUT2D eigenvalue weighted by Crippen LogP contribution is 2.33. The Labute approximate surface area is 183 Å². The molecule has 32 heavy (non-hydrogen) atoms. The second-order valence-electron chi connectivity index (χ2n) is 7.48. The minimum Gasteiger partial charge on any atom is -0.350 e. The first-order valence-electron chi connectivity index (χ1n) is 9.87. The van der Waals surface area contributed by atoms with Crippen molar-refractivity contribution < 1.29 is 22.8 Å². The van der Waals surface area contributed by atoms with Gasteiger partial charge in [-0.3, -0.25) is 9.59 Å². The Hall–Kier alpha value is -3.62. The Kier molecular flexibility index (Phi) is 6.67. The van der Waals surface area contributed by atoms with E-state index in [1.54, 1.807) is 50.2 Å². The molecule has 0 aliphatic heterocycles. The molecule has 0 atom stereocenters. The fraction of sp³-hybridized carbons (Fsp3) is 0.261. The number of rotatable bonds is 6. The van der Waals surface area contributed by atoms with Gasteiger partial charge in [-0.1, -0.05) is 24.3 Å². The molecule has 0 unspecified atom stereocenters. The highest BCUT2D eigenvalue weighted by molar-refractivity contribution is 5.96. The molecule has 168 valence electrons. The van der Waals surface area contributed by atoms with E-state index in [0.717, 1.165) is 6.07 Å². The summed E-state index contributed by atoms with van der Waals surface area (Å²) in [7, 11) is 1.46. The molecular formula is C23H23F3N4O2. The zero-order chi connectivity index (χ0) is 23.5. The summed E-state index contributed by atoms with van der Waals surface area (Å²) in [5, 5.41) is 6.69. The van der Waals surface area contributed by atoms with Gasteiger partial charge in [-0.25, -0.2) is 4.68 Å². The third-order valence-electron chi connectivity index (χ3n) is 4.88. The van der Waals surface area contributed by atoms with Crippen LogP contribution < -0.4 is 5.32 Å². The molecule has 0 spiro atoms. The number of amides is 2. The summed E-state index contributed by atoms with van der Waals surface area (Å²) in [6, 6.07) is 14.1. The van der Waals surface area contributed by atoms with E-state index in [9.17, 15) is 22.8 Å². The summed E-state index contributed by atoms with van der Waals surface area (Å²) >= 11 is 0.